The van der Waals surface area contributed by atoms with E-state index >= 15 is 0 Å². The minimum Gasteiger partial charge on any atom is -0.326 e. The summed E-state index contributed by atoms with van der Waals surface area (Å²) in [5, 5.41) is 0. The Kier molecular flexibility index (Phi) is 4.39. The maximum atomic E-state index is 6.27. The highest BCUT2D eigenvalue weighted by Gasteiger charge is 2.34. The third kappa shape index (κ3) is 3.05. The Labute approximate surface area is 122 Å². The van der Waals surface area contributed by atoms with E-state index in [0.29, 0.717) is 18.1 Å². The fraction of sp³-hybridized carbons (Fsp3) is 0.647. The van der Waals surface area contributed by atoms with Crippen molar-refractivity contribution in [2.45, 2.75) is 50.9 Å². The molecule has 1 saturated heterocycles. The summed E-state index contributed by atoms with van der Waals surface area (Å²) in [6.45, 7) is 6.95. The molecule has 1 heterocycles. The van der Waals surface area contributed by atoms with Crippen LogP contribution in [0.15, 0.2) is 30.3 Å². The molecule has 3 unspecified atom stereocenters. The van der Waals surface area contributed by atoms with Crippen LogP contribution in [0, 0.1) is 0 Å². The SMILES string of the molecule is CC1CN(Cc2ccccc2)CCN1C1CCCC1N. The number of nitrogens with zero attached hydrogens (tertiary/aromatic N) is 2. The van der Waals surface area contributed by atoms with Gasteiger partial charge in [-0.25, -0.2) is 0 Å². The lowest BCUT2D eigenvalue weighted by molar-refractivity contribution is 0.0423. The molecule has 1 aliphatic heterocycles. The number of rotatable bonds is 3. The van der Waals surface area contributed by atoms with Crippen LogP contribution >= 0.6 is 0 Å². The van der Waals surface area contributed by atoms with Gasteiger partial charge in [0.2, 0.25) is 0 Å². The van der Waals surface area contributed by atoms with Gasteiger partial charge in [0.05, 0.1) is 0 Å². The second-order valence-corrected chi connectivity index (χ2v) is 6.47. The Hall–Kier alpha value is -0.900. The van der Waals surface area contributed by atoms with Gasteiger partial charge in [0.15, 0.2) is 0 Å². The summed E-state index contributed by atoms with van der Waals surface area (Å²) in [6.07, 6.45) is 3.81. The lowest BCUT2D eigenvalue weighted by atomic mass is 10.1. The second kappa shape index (κ2) is 6.25. The minimum absolute atomic E-state index is 0.401. The van der Waals surface area contributed by atoms with Gasteiger partial charge >= 0.3 is 0 Å². The predicted octanol–water partition coefficient (Wildman–Crippen LogP) is 2.07. The molecule has 3 heteroatoms. The molecule has 0 aromatic heterocycles. The van der Waals surface area contributed by atoms with E-state index in [1.165, 1.54) is 37.9 Å². The van der Waals surface area contributed by atoms with E-state index in [4.69, 9.17) is 5.73 Å². The maximum Gasteiger partial charge on any atom is 0.0251 e. The van der Waals surface area contributed by atoms with Crippen LogP contribution in [-0.2, 0) is 6.54 Å². The molecule has 3 nitrogen and oxygen atoms in total. The molecule has 1 aromatic carbocycles. The van der Waals surface area contributed by atoms with Gasteiger partial charge < -0.3 is 5.73 Å². The highest BCUT2D eigenvalue weighted by Crippen LogP contribution is 2.26. The Morgan fingerprint density at radius 1 is 1.15 bits per heavy atom. The fourth-order valence-corrected chi connectivity index (χ4v) is 3.91. The van der Waals surface area contributed by atoms with Gasteiger partial charge in [-0.2, -0.15) is 0 Å². The molecule has 0 spiro atoms. The van der Waals surface area contributed by atoms with Gasteiger partial charge in [0.25, 0.3) is 0 Å². The Morgan fingerprint density at radius 3 is 2.60 bits per heavy atom. The van der Waals surface area contributed by atoms with Crippen molar-refractivity contribution in [3.05, 3.63) is 35.9 Å². The van der Waals surface area contributed by atoms with E-state index in [0.717, 1.165) is 13.1 Å². The van der Waals surface area contributed by atoms with E-state index in [-0.39, 0.29) is 0 Å². The number of piperazine rings is 1. The van der Waals surface area contributed by atoms with Crippen molar-refractivity contribution in [1.29, 1.82) is 0 Å². The van der Waals surface area contributed by atoms with Crippen LogP contribution in [0.3, 0.4) is 0 Å². The Balaban J connectivity index is 1.56. The average Bonchev–Trinajstić information content (AvgIpc) is 2.86. The normalized spacial score (nSPS) is 32.6. The summed E-state index contributed by atoms with van der Waals surface area (Å²) in [6, 6.07) is 12.5. The zero-order valence-corrected chi connectivity index (χ0v) is 12.5. The monoisotopic (exact) mass is 273 g/mol. The Morgan fingerprint density at radius 2 is 1.95 bits per heavy atom. The minimum atomic E-state index is 0.401. The van der Waals surface area contributed by atoms with Gasteiger partial charge in [-0.15, -0.1) is 0 Å². The van der Waals surface area contributed by atoms with E-state index in [9.17, 15) is 0 Å². The maximum absolute atomic E-state index is 6.27. The molecule has 1 saturated carbocycles. The molecule has 110 valence electrons. The van der Waals surface area contributed by atoms with Crippen molar-refractivity contribution in [3.8, 4) is 0 Å². The first kappa shape index (κ1) is 14.1. The summed E-state index contributed by atoms with van der Waals surface area (Å²) in [7, 11) is 0. The highest BCUT2D eigenvalue weighted by atomic mass is 15.3. The highest BCUT2D eigenvalue weighted by molar-refractivity contribution is 5.14. The second-order valence-electron chi connectivity index (χ2n) is 6.47. The summed E-state index contributed by atoms with van der Waals surface area (Å²) < 4.78 is 0. The van der Waals surface area contributed by atoms with Gasteiger partial charge in [0, 0.05) is 44.3 Å². The molecule has 20 heavy (non-hydrogen) atoms. The zero-order valence-electron chi connectivity index (χ0n) is 12.5. The van der Waals surface area contributed by atoms with Crippen molar-refractivity contribution in [1.82, 2.24) is 9.80 Å². The molecule has 2 fully saturated rings. The van der Waals surface area contributed by atoms with Gasteiger partial charge in [-0.1, -0.05) is 36.8 Å². The van der Waals surface area contributed by atoms with Crippen LogP contribution in [0.1, 0.15) is 31.7 Å². The summed E-state index contributed by atoms with van der Waals surface area (Å²) >= 11 is 0. The number of benzene rings is 1. The van der Waals surface area contributed by atoms with Crippen LogP contribution in [0.25, 0.3) is 0 Å². The first-order valence-corrected chi connectivity index (χ1v) is 8.01. The lowest BCUT2D eigenvalue weighted by Gasteiger charge is -2.44. The number of hydrogen-bond donors (Lipinski definition) is 1. The first-order valence-electron chi connectivity index (χ1n) is 8.01. The fourth-order valence-electron chi connectivity index (χ4n) is 3.91. The third-order valence-electron chi connectivity index (χ3n) is 4.97. The summed E-state index contributed by atoms with van der Waals surface area (Å²) in [5.74, 6) is 0. The van der Waals surface area contributed by atoms with Gasteiger partial charge in [0.1, 0.15) is 0 Å². The molecule has 0 amide bonds. The van der Waals surface area contributed by atoms with E-state index in [1.54, 1.807) is 0 Å². The molecule has 1 aromatic rings. The average molecular weight is 273 g/mol. The molecule has 3 atom stereocenters. The van der Waals surface area contributed by atoms with Crippen LogP contribution in [0.5, 0.6) is 0 Å². The van der Waals surface area contributed by atoms with E-state index in [1.807, 2.05) is 0 Å². The molecular weight excluding hydrogens is 246 g/mol. The molecule has 2 aliphatic rings. The van der Waals surface area contributed by atoms with E-state index < -0.39 is 0 Å². The third-order valence-corrected chi connectivity index (χ3v) is 4.97. The zero-order chi connectivity index (χ0) is 13.9. The lowest BCUT2D eigenvalue weighted by Crippen LogP contribution is -2.57. The molecule has 3 rings (SSSR count). The summed E-state index contributed by atoms with van der Waals surface area (Å²) in [5.41, 5.74) is 7.70. The van der Waals surface area contributed by atoms with Gasteiger partial charge in [-0.3, -0.25) is 9.80 Å². The van der Waals surface area contributed by atoms with Crippen molar-refractivity contribution < 1.29 is 0 Å². The molecule has 0 radical (unpaired) electrons. The van der Waals surface area contributed by atoms with Crippen molar-refractivity contribution in [2.75, 3.05) is 19.6 Å². The van der Waals surface area contributed by atoms with E-state index in [2.05, 4.69) is 47.1 Å². The molecule has 0 bridgehead atoms. The number of hydrogen-bond acceptors (Lipinski definition) is 3. The van der Waals surface area contributed by atoms with Crippen molar-refractivity contribution >= 4 is 0 Å². The smallest absolute Gasteiger partial charge is 0.0251 e. The Bertz CT molecular complexity index is 420. The largest absolute Gasteiger partial charge is 0.326 e. The van der Waals surface area contributed by atoms with Crippen LogP contribution in [-0.4, -0.2) is 47.6 Å². The standard InChI is InChI=1S/C17H27N3/c1-14-12-19(13-15-6-3-2-4-7-15)10-11-20(14)17-9-5-8-16(17)18/h2-4,6-7,14,16-17H,5,8-13,18H2,1H3. The van der Waals surface area contributed by atoms with Crippen LogP contribution in [0.4, 0.5) is 0 Å². The quantitative estimate of drug-likeness (QED) is 0.915. The number of nitrogens with two attached hydrogens (primary N) is 1. The van der Waals surface area contributed by atoms with Gasteiger partial charge in [-0.05, 0) is 25.3 Å². The van der Waals surface area contributed by atoms with Crippen LogP contribution in [0.2, 0.25) is 0 Å². The first-order chi connectivity index (χ1) is 9.74. The van der Waals surface area contributed by atoms with Crippen molar-refractivity contribution in [3.63, 3.8) is 0 Å². The molecular formula is C17H27N3. The van der Waals surface area contributed by atoms with Crippen molar-refractivity contribution in [2.24, 2.45) is 5.73 Å². The molecule has 2 N–H and O–H groups in total. The molecule has 1 aliphatic carbocycles. The predicted molar refractivity (Wildman–Crippen MR) is 83.5 cm³/mol. The topological polar surface area (TPSA) is 32.5 Å². The van der Waals surface area contributed by atoms with Crippen LogP contribution < -0.4 is 5.73 Å². The summed E-state index contributed by atoms with van der Waals surface area (Å²) in [4.78, 5) is 5.25.